The standard InChI is InChI=1S/C6H16O2Si/c1-5-7-6-8-9(2,3)4/h5-6H2,1-4H3. The zero-order valence-electron chi connectivity index (χ0n) is 6.73. The molecule has 0 amide bonds. The molecule has 0 unspecified atom stereocenters. The first-order chi connectivity index (χ1) is 4.06. The fraction of sp³-hybridized carbons (Fsp3) is 1.00. The number of ether oxygens (including phenoxy) is 1. The molecule has 9 heavy (non-hydrogen) atoms. The molecule has 0 atom stereocenters. The average molecular weight is 148 g/mol. The van der Waals surface area contributed by atoms with Crippen LogP contribution in [0.3, 0.4) is 0 Å². The zero-order chi connectivity index (χ0) is 7.33. The molecule has 0 aliphatic carbocycles. The third kappa shape index (κ3) is 8.14. The summed E-state index contributed by atoms with van der Waals surface area (Å²) in [5, 5.41) is 0. The second kappa shape index (κ2) is 4.03. The Morgan fingerprint density at radius 2 is 1.78 bits per heavy atom. The molecule has 0 aromatic rings. The molecule has 3 heteroatoms. The van der Waals surface area contributed by atoms with Gasteiger partial charge in [-0.1, -0.05) is 0 Å². The smallest absolute Gasteiger partial charge is 0.186 e. The molecule has 0 aliphatic heterocycles. The van der Waals surface area contributed by atoms with E-state index >= 15 is 0 Å². The van der Waals surface area contributed by atoms with Crippen molar-refractivity contribution in [3.05, 3.63) is 0 Å². The highest BCUT2D eigenvalue weighted by Crippen LogP contribution is 2.01. The molecule has 0 heterocycles. The maximum absolute atomic E-state index is 5.39. The van der Waals surface area contributed by atoms with Gasteiger partial charge in [-0.2, -0.15) is 0 Å². The van der Waals surface area contributed by atoms with Crippen LogP contribution in [-0.4, -0.2) is 21.7 Å². The van der Waals surface area contributed by atoms with Crippen molar-refractivity contribution in [2.75, 3.05) is 13.4 Å². The Kier molecular flexibility index (Phi) is 4.09. The summed E-state index contributed by atoms with van der Waals surface area (Å²) in [6.07, 6.45) is 0. The Morgan fingerprint density at radius 1 is 1.22 bits per heavy atom. The first-order valence-corrected chi connectivity index (χ1v) is 6.69. The Bertz CT molecular complexity index is 67.9. The number of hydrogen-bond acceptors (Lipinski definition) is 2. The van der Waals surface area contributed by atoms with E-state index < -0.39 is 8.32 Å². The molecule has 0 aliphatic rings. The van der Waals surface area contributed by atoms with Crippen molar-refractivity contribution in [2.24, 2.45) is 0 Å². The molecule has 0 saturated heterocycles. The predicted molar refractivity (Wildman–Crippen MR) is 40.9 cm³/mol. The van der Waals surface area contributed by atoms with Crippen molar-refractivity contribution in [1.82, 2.24) is 0 Å². The van der Waals surface area contributed by atoms with Crippen LogP contribution in [0, 0.1) is 0 Å². The van der Waals surface area contributed by atoms with E-state index in [4.69, 9.17) is 9.16 Å². The van der Waals surface area contributed by atoms with Gasteiger partial charge >= 0.3 is 0 Å². The maximum atomic E-state index is 5.39. The van der Waals surface area contributed by atoms with Gasteiger partial charge in [0, 0.05) is 6.61 Å². The second-order valence-corrected chi connectivity index (χ2v) is 7.38. The van der Waals surface area contributed by atoms with Gasteiger partial charge in [-0.3, -0.25) is 0 Å². The molecule has 0 saturated carbocycles. The summed E-state index contributed by atoms with van der Waals surface area (Å²) < 4.78 is 10.4. The van der Waals surface area contributed by atoms with Gasteiger partial charge < -0.3 is 9.16 Å². The van der Waals surface area contributed by atoms with Crippen LogP contribution in [0.2, 0.25) is 19.6 Å². The minimum Gasteiger partial charge on any atom is -0.395 e. The lowest BCUT2D eigenvalue weighted by Gasteiger charge is -2.16. The van der Waals surface area contributed by atoms with Gasteiger partial charge in [-0.05, 0) is 26.6 Å². The van der Waals surface area contributed by atoms with Gasteiger partial charge in [0.05, 0.1) is 0 Å². The monoisotopic (exact) mass is 148 g/mol. The molecule has 0 fully saturated rings. The quantitative estimate of drug-likeness (QED) is 0.344. The van der Waals surface area contributed by atoms with Crippen molar-refractivity contribution < 1.29 is 9.16 Å². The molecule has 56 valence electrons. The first-order valence-electron chi connectivity index (χ1n) is 3.28. The highest BCUT2D eigenvalue weighted by Gasteiger charge is 2.12. The van der Waals surface area contributed by atoms with Crippen LogP contribution < -0.4 is 0 Å². The number of hydrogen-bond donors (Lipinski definition) is 0. The minimum atomic E-state index is -1.32. The van der Waals surface area contributed by atoms with Crippen LogP contribution >= 0.6 is 0 Å². The summed E-state index contributed by atoms with van der Waals surface area (Å²) >= 11 is 0. The van der Waals surface area contributed by atoms with Gasteiger partial charge in [0.1, 0.15) is 6.79 Å². The highest BCUT2D eigenvalue weighted by atomic mass is 28.4. The predicted octanol–water partition coefficient (Wildman–Crippen LogP) is 1.83. The lowest BCUT2D eigenvalue weighted by Crippen LogP contribution is -2.26. The van der Waals surface area contributed by atoms with E-state index in [9.17, 15) is 0 Å². The highest BCUT2D eigenvalue weighted by molar-refractivity contribution is 6.69. The van der Waals surface area contributed by atoms with Crippen LogP contribution in [0.4, 0.5) is 0 Å². The van der Waals surface area contributed by atoms with Gasteiger partial charge in [-0.25, -0.2) is 0 Å². The average Bonchev–Trinajstić information content (AvgIpc) is 1.63. The first kappa shape index (κ1) is 9.14. The molecule has 0 aromatic carbocycles. The van der Waals surface area contributed by atoms with E-state index in [1.54, 1.807) is 0 Å². The second-order valence-electron chi connectivity index (χ2n) is 2.87. The third-order valence-electron chi connectivity index (χ3n) is 0.779. The van der Waals surface area contributed by atoms with E-state index in [1.165, 1.54) is 0 Å². The van der Waals surface area contributed by atoms with Crippen LogP contribution in [-0.2, 0) is 9.16 Å². The summed E-state index contributed by atoms with van der Waals surface area (Å²) in [5.41, 5.74) is 0. The Balaban J connectivity index is 3.07. The van der Waals surface area contributed by atoms with Gasteiger partial charge in [0.25, 0.3) is 0 Å². The van der Waals surface area contributed by atoms with Crippen molar-refractivity contribution in [3.63, 3.8) is 0 Å². The van der Waals surface area contributed by atoms with Crippen molar-refractivity contribution >= 4 is 8.32 Å². The lowest BCUT2D eigenvalue weighted by atomic mass is 10.9. The van der Waals surface area contributed by atoms with Crippen LogP contribution in [0.5, 0.6) is 0 Å². The molecule has 0 bridgehead atoms. The Hall–Kier alpha value is 0.137. The summed E-state index contributed by atoms with van der Waals surface area (Å²) in [5.74, 6) is 0. The van der Waals surface area contributed by atoms with Gasteiger partial charge in [0.15, 0.2) is 8.32 Å². The molecular formula is C6H16O2Si. The normalized spacial score (nSPS) is 12.0. The van der Waals surface area contributed by atoms with Gasteiger partial charge in [0.2, 0.25) is 0 Å². The zero-order valence-corrected chi connectivity index (χ0v) is 7.73. The van der Waals surface area contributed by atoms with Gasteiger partial charge in [-0.15, -0.1) is 0 Å². The van der Waals surface area contributed by atoms with Crippen molar-refractivity contribution in [3.8, 4) is 0 Å². The molecule has 0 rings (SSSR count). The Labute approximate surface area is 58.3 Å². The summed E-state index contributed by atoms with van der Waals surface area (Å²) in [7, 11) is -1.32. The Morgan fingerprint density at radius 3 is 2.11 bits per heavy atom. The maximum Gasteiger partial charge on any atom is 0.186 e. The topological polar surface area (TPSA) is 18.5 Å². The van der Waals surface area contributed by atoms with Crippen LogP contribution in [0.25, 0.3) is 0 Å². The summed E-state index contributed by atoms with van der Waals surface area (Å²) in [6, 6.07) is 0. The third-order valence-corrected chi connectivity index (χ3v) is 1.76. The molecular weight excluding hydrogens is 132 g/mol. The molecule has 0 aromatic heterocycles. The van der Waals surface area contributed by atoms with E-state index in [2.05, 4.69) is 19.6 Å². The largest absolute Gasteiger partial charge is 0.395 e. The van der Waals surface area contributed by atoms with Crippen molar-refractivity contribution in [1.29, 1.82) is 0 Å². The summed E-state index contributed by atoms with van der Waals surface area (Å²) in [4.78, 5) is 0. The van der Waals surface area contributed by atoms with E-state index in [0.717, 1.165) is 6.61 Å². The molecule has 0 spiro atoms. The van der Waals surface area contributed by atoms with Crippen molar-refractivity contribution in [2.45, 2.75) is 26.6 Å². The number of rotatable bonds is 4. The molecule has 0 radical (unpaired) electrons. The van der Waals surface area contributed by atoms with E-state index in [0.29, 0.717) is 6.79 Å². The lowest BCUT2D eigenvalue weighted by molar-refractivity contribution is 0.0175. The minimum absolute atomic E-state index is 0.465. The SMILES string of the molecule is CCOCO[Si](C)(C)C. The molecule has 0 N–H and O–H groups in total. The molecule has 2 nitrogen and oxygen atoms in total. The van der Waals surface area contributed by atoms with E-state index in [-0.39, 0.29) is 0 Å². The fourth-order valence-corrected chi connectivity index (χ4v) is 0.739. The van der Waals surface area contributed by atoms with Crippen LogP contribution in [0.15, 0.2) is 0 Å². The van der Waals surface area contributed by atoms with Crippen LogP contribution in [0.1, 0.15) is 6.92 Å². The fourth-order valence-electron chi connectivity index (χ4n) is 0.302. The van der Waals surface area contributed by atoms with E-state index in [1.807, 2.05) is 6.92 Å². The summed E-state index contributed by atoms with van der Waals surface area (Å²) in [6.45, 7) is 9.61.